The largest absolute Gasteiger partial charge is 0.199 e. The van der Waals surface area contributed by atoms with Gasteiger partial charge in [-0.15, -0.1) is 0 Å². The molecule has 0 rings (SSSR count). The Balaban J connectivity index is 3.91. The molecule has 0 saturated heterocycles. The molecule has 2 heteroatoms. The van der Waals surface area contributed by atoms with E-state index >= 15 is 0 Å². The molecule has 0 saturated carbocycles. The summed E-state index contributed by atoms with van der Waals surface area (Å²) in [5.41, 5.74) is 4.32. The second-order valence-electron chi connectivity index (χ2n) is 6.64. The minimum Gasteiger partial charge on any atom is -0.199 e. The van der Waals surface area contributed by atoms with Crippen LogP contribution in [0.25, 0.3) is 0 Å². The minimum absolute atomic E-state index is 0.549. The van der Waals surface area contributed by atoms with E-state index < -0.39 is 0 Å². The molecule has 0 aromatic rings. The molecule has 0 N–H and O–H groups in total. The van der Waals surface area contributed by atoms with Crippen LogP contribution in [-0.4, -0.2) is 32.4 Å². The van der Waals surface area contributed by atoms with Crippen LogP contribution in [0.15, 0.2) is 34.9 Å². The Morgan fingerprint density at radius 3 is 1.80 bits per heavy atom. The van der Waals surface area contributed by atoms with Crippen molar-refractivity contribution in [1.29, 1.82) is 0 Å². The van der Waals surface area contributed by atoms with Crippen LogP contribution in [0.3, 0.4) is 0 Å². The summed E-state index contributed by atoms with van der Waals surface area (Å²) in [5, 5.41) is 0. The fraction of sp³-hybridized carbons (Fsp3) is 0.667. The van der Waals surface area contributed by atoms with Crippen molar-refractivity contribution >= 4 is 0 Å². The molecule has 0 aromatic heterocycles. The summed E-state index contributed by atoms with van der Waals surface area (Å²) >= 11 is 0. The zero-order valence-electron chi connectivity index (χ0n) is 14.6. The molecule has 0 spiro atoms. The van der Waals surface area contributed by atoms with Crippen LogP contribution in [0.5, 0.6) is 0 Å². The van der Waals surface area contributed by atoms with Crippen molar-refractivity contribution in [2.45, 2.75) is 53.4 Å². The van der Waals surface area contributed by atoms with Gasteiger partial charge in [0.15, 0.2) is 0 Å². The van der Waals surface area contributed by atoms with E-state index in [0.29, 0.717) is 11.3 Å². The summed E-state index contributed by atoms with van der Waals surface area (Å²) in [5.74, 6) is 0. The Morgan fingerprint density at radius 2 is 1.30 bits per heavy atom. The predicted octanol–water partition coefficient (Wildman–Crippen LogP) is 5.04. The SMILES string of the molecule is CC(C)=CCCC(C)=CCCC(C)=CCO[N+](C)(C)C. The highest BCUT2D eigenvalue weighted by molar-refractivity contribution is 5.05. The van der Waals surface area contributed by atoms with E-state index in [0.717, 1.165) is 19.3 Å². The number of allylic oxidation sites excluding steroid dienone is 5. The van der Waals surface area contributed by atoms with Crippen LogP contribution >= 0.6 is 0 Å². The van der Waals surface area contributed by atoms with Crippen molar-refractivity contribution < 1.29 is 9.48 Å². The van der Waals surface area contributed by atoms with Gasteiger partial charge in [-0.25, -0.2) is 0 Å². The lowest BCUT2D eigenvalue weighted by Gasteiger charge is -2.20. The fourth-order valence-corrected chi connectivity index (χ4v) is 1.74. The van der Waals surface area contributed by atoms with Crippen LogP contribution in [0, 0.1) is 0 Å². The number of rotatable bonds is 9. The van der Waals surface area contributed by atoms with Crippen molar-refractivity contribution in [2.75, 3.05) is 27.7 Å². The average Bonchev–Trinajstić information content (AvgIpc) is 2.26. The number of hydroxylamine groups is 3. The molecular formula is C18H34NO+. The van der Waals surface area contributed by atoms with Gasteiger partial charge in [-0.3, -0.25) is 0 Å². The summed E-state index contributed by atoms with van der Waals surface area (Å²) in [7, 11) is 6.09. The molecule has 0 aliphatic rings. The van der Waals surface area contributed by atoms with Gasteiger partial charge in [0.1, 0.15) is 6.61 Å². The number of hydrogen-bond donors (Lipinski definition) is 0. The fourth-order valence-electron chi connectivity index (χ4n) is 1.74. The topological polar surface area (TPSA) is 9.23 Å². The van der Waals surface area contributed by atoms with Gasteiger partial charge < -0.3 is 0 Å². The summed E-state index contributed by atoms with van der Waals surface area (Å²) in [6, 6.07) is 0. The van der Waals surface area contributed by atoms with Crippen LogP contribution in [0.4, 0.5) is 0 Å². The van der Waals surface area contributed by atoms with Crippen LogP contribution in [0.1, 0.15) is 53.4 Å². The van der Waals surface area contributed by atoms with Crippen molar-refractivity contribution in [3.05, 3.63) is 34.9 Å². The average molecular weight is 280 g/mol. The van der Waals surface area contributed by atoms with Gasteiger partial charge in [0.25, 0.3) is 0 Å². The first-order valence-corrected chi connectivity index (χ1v) is 7.61. The van der Waals surface area contributed by atoms with Gasteiger partial charge in [-0.2, -0.15) is 9.48 Å². The first kappa shape index (κ1) is 19.1. The van der Waals surface area contributed by atoms with Crippen LogP contribution in [0.2, 0.25) is 0 Å². The predicted molar refractivity (Wildman–Crippen MR) is 89.4 cm³/mol. The highest BCUT2D eigenvalue weighted by Crippen LogP contribution is 2.11. The Labute approximate surface area is 126 Å². The summed E-state index contributed by atoms with van der Waals surface area (Å²) < 4.78 is 0.549. The van der Waals surface area contributed by atoms with E-state index in [1.54, 1.807) is 0 Å². The van der Waals surface area contributed by atoms with Crippen molar-refractivity contribution in [3.63, 3.8) is 0 Å². The third kappa shape index (κ3) is 13.6. The lowest BCUT2D eigenvalue weighted by molar-refractivity contribution is -1.06. The van der Waals surface area contributed by atoms with Crippen molar-refractivity contribution in [1.82, 2.24) is 0 Å². The standard InChI is InChI=1S/C18H34NO/c1-16(2)10-8-11-17(3)12-9-13-18(4)14-15-20-19(5,6)7/h10,12,14H,8-9,11,13,15H2,1-7H3/q+1. The first-order chi connectivity index (χ1) is 9.20. The maximum Gasteiger partial charge on any atom is 0.125 e. The Hall–Kier alpha value is -0.860. The van der Waals surface area contributed by atoms with E-state index in [-0.39, 0.29) is 0 Å². The van der Waals surface area contributed by atoms with Gasteiger partial charge in [0.2, 0.25) is 0 Å². The van der Waals surface area contributed by atoms with Gasteiger partial charge >= 0.3 is 0 Å². The summed E-state index contributed by atoms with van der Waals surface area (Å²) in [6.45, 7) is 9.43. The van der Waals surface area contributed by atoms with Crippen LogP contribution < -0.4 is 0 Å². The number of nitrogens with zero attached hydrogens (tertiary/aromatic N) is 1. The summed E-state index contributed by atoms with van der Waals surface area (Å²) in [4.78, 5) is 5.64. The zero-order valence-corrected chi connectivity index (χ0v) is 14.6. The number of hydrogen-bond acceptors (Lipinski definition) is 1. The quantitative estimate of drug-likeness (QED) is 0.326. The maximum absolute atomic E-state index is 5.64. The van der Waals surface area contributed by atoms with Crippen molar-refractivity contribution in [2.24, 2.45) is 0 Å². The van der Waals surface area contributed by atoms with Gasteiger partial charge in [0, 0.05) is 0 Å². The molecular weight excluding hydrogens is 246 g/mol. The van der Waals surface area contributed by atoms with Gasteiger partial charge in [0.05, 0.1) is 21.1 Å². The Morgan fingerprint density at radius 1 is 0.800 bits per heavy atom. The molecule has 0 aliphatic heterocycles. The van der Waals surface area contributed by atoms with E-state index in [1.807, 2.05) is 21.1 Å². The van der Waals surface area contributed by atoms with Gasteiger partial charge in [-0.1, -0.05) is 34.9 Å². The molecule has 0 fully saturated rings. The van der Waals surface area contributed by atoms with E-state index in [2.05, 4.69) is 45.9 Å². The lowest BCUT2D eigenvalue weighted by atomic mass is 10.1. The zero-order chi connectivity index (χ0) is 15.6. The third-order valence-corrected chi connectivity index (χ3v) is 3.02. The molecule has 0 heterocycles. The monoisotopic (exact) mass is 280 g/mol. The third-order valence-electron chi connectivity index (χ3n) is 3.02. The molecule has 0 amide bonds. The van der Waals surface area contributed by atoms with Crippen LogP contribution in [-0.2, 0) is 4.84 Å². The normalized spacial score (nSPS) is 13.6. The highest BCUT2D eigenvalue weighted by Gasteiger charge is 2.05. The second kappa shape index (κ2) is 9.95. The molecule has 20 heavy (non-hydrogen) atoms. The number of quaternary nitrogens is 1. The van der Waals surface area contributed by atoms with E-state index in [4.69, 9.17) is 4.84 Å². The Bertz CT molecular complexity index is 352. The van der Waals surface area contributed by atoms with Gasteiger partial charge in [-0.05, 0) is 53.4 Å². The van der Waals surface area contributed by atoms with E-state index in [1.165, 1.54) is 23.1 Å². The lowest BCUT2D eigenvalue weighted by Crippen LogP contribution is -2.34. The molecule has 0 atom stereocenters. The Kier molecular flexibility index (Phi) is 9.52. The molecule has 0 aromatic carbocycles. The second-order valence-corrected chi connectivity index (χ2v) is 6.64. The van der Waals surface area contributed by atoms with E-state index in [9.17, 15) is 0 Å². The molecule has 2 nitrogen and oxygen atoms in total. The smallest absolute Gasteiger partial charge is 0.125 e. The minimum atomic E-state index is 0.549. The highest BCUT2D eigenvalue weighted by atomic mass is 16.7. The van der Waals surface area contributed by atoms with Crippen molar-refractivity contribution in [3.8, 4) is 0 Å². The maximum atomic E-state index is 5.64. The molecule has 116 valence electrons. The molecule has 0 aliphatic carbocycles. The molecule has 0 bridgehead atoms. The molecule has 0 unspecified atom stereocenters. The first-order valence-electron chi connectivity index (χ1n) is 7.61. The summed E-state index contributed by atoms with van der Waals surface area (Å²) in [6.07, 6.45) is 11.5. The molecule has 0 radical (unpaired) electrons.